The first-order valence-corrected chi connectivity index (χ1v) is 15.5. The van der Waals surface area contributed by atoms with Crippen molar-refractivity contribution >= 4 is 34.7 Å². The Kier molecular flexibility index (Phi) is 7.11. The number of aromatic nitrogens is 4. The molecule has 0 spiro atoms. The number of fused-ring (bicyclic) bond motifs is 3. The van der Waals surface area contributed by atoms with Crippen LogP contribution in [0.2, 0.25) is 0 Å². The Morgan fingerprint density at radius 1 is 0.953 bits per heavy atom. The van der Waals surface area contributed by atoms with Crippen LogP contribution in [-0.2, 0) is 9.47 Å². The van der Waals surface area contributed by atoms with Crippen LogP contribution >= 0.6 is 0 Å². The van der Waals surface area contributed by atoms with Crippen molar-refractivity contribution < 1.29 is 19.1 Å². The van der Waals surface area contributed by atoms with Gasteiger partial charge in [-0.3, -0.25) is 0 Å². The number of nitrogens with one attached hydrogen (secondary N) is 2. The van der Waals surface area contributed by atoms with Gasteiger partial charge in [0.25, 0.3) is 0 Å². The molecule has 4 aliphatic rings. The molecule has 4 fully saturated rings. The van der Waals surface area contributed by atoms with Gasteiger partial charge in [0, 0.05) is 43.5 Å². The Morgan fingerprint density at radius 2 is 1.65 bits per heavy atom. The average molecular weight is 589 g/mol. The van der Waals surface area contributed by atoms with Gasteiger partial charge in [0.15, 0.2) is 11.5 Å². The second kappa shape index (κ2) is 11.0. The molecule has 12 nitrogen and oxygen atoms in total. The highest BCUT2D eigenvalue weighted by Gasteiger charge is 2.36. The molecular weight excluding hydrogens is 548 g/mol. The second-order valence-electron chi connectivity index (χ2n) is 13.2. The highest BCUT2D eigenvalue weighted by molar-refractivity contribution is 5.91. The van der Waals surface area contributed by atoms with Crippen molar-refractivity contribution in [1.29, 1.82) is 0 Å². The number of amides is 3. The van der Waals surface area contributed by atoms with Crippen molar-refractivity contribution in [3.63, 3.8) is 0 Å². The minimum atomic E-state index is -0.522. The molecule has 1 saturated carbocycles. The third-order valence-corrected chi connectivity index (χ3v) is 8.55. The molecule has 228 valence electrons. The Balaban J connectivity index is 1.17. The summed E-state index contributed by atoms with van der Waals surface area (Å²) < 4.78 is 13.7. The van der Waals surface area contributed by atoms with Gasteiger partial charge in [0.05, 0.1) is 29.8 Å². The summed E-state index contributed by atoms with van der Waals surface area (Å²) in [4.78, 5) is 39.1. The van der Waals surface area contributed by atoms with E-state index in [0.29, 0.717) is 25.0 Å². The summed E-state index contributed by atoms with van der Waals surface area (Å²) >= 11 is 0. The van der Waals surface area contributed by atoms with Gasteiger partial charge in [-0.05, 0) is 83.6 Å². The first-order chi connectivity index (χ1) is 20.7. The zero-order chi connectivity index (χ0) is 29.7. The lowest BCUT2D eigenvalue weighted by molar-refractivity contribution is 0.0186. The van der Waals surface area contributed by atoms with Crippen LogP contribution in [0.5, 0.6) is 0 Å². The van der Waals surface area contributed by atoms with Gasteiger partial charge in [-0.2, -0.15) is 5.10 Å². The Morgan fingerprint density at radius 3 is 2.30 bits per heavy atom. The number of carbonyl (C=O) groups excluding carboxylic acids is 2. The van der Waals surface area contributed by atoms with Gasteiger partial charge >= 0.3 is 12.1 Å². The summed E-state index contributed by atoms with van der Waals surface area (Å²) in [7, 11) is 0. The van der Waals surface area contributed by atoms with Gasteiger partial charge in [-0.25, -0.2) is 24.2 Å². The SMILES string of the molecule is CC(C)(C)OC(=O)N1CCC(n2ncc3c(N4CC5CCC(C4)O5)nc(-c4ccc(NC(=O)NC5CC5)cc4)nc32)CC1. The van der Waals surface area contributed by atoms with Gasteiger partial charge in [0.1, 0.15) is 11.4 Å². The van der Waals surface area contributed by atoms with Crippen molar-refractivity contribution in [3.8, 4) is 11.4 Å². The summed E-state index contributed by atoms with van der Waals surface area (Å²) in [6.45, 7) is 8.44. The van der Waals surface area contributed by atoms with E-state index in [1.165, 1.54) is 0 Å². The van der Waals surface area contributed by atoms with E-state index in [-0.39, 0.29) is 30.4 Å². The predicted octanol–water partition coefficient (Wildman–Crippen LogP) is 4.72. The molecular formula is C31H40N8O4. The first kappa shape index (κ1) is 27.9. The van der Waals surface area contributed by atoms with Crippen molar-refractivity contribution in [1.82, 2.24) is 30.0 Å². The molecule has 2 unspecified atom stereocenters. The average Bonchev–Trinajstić information content (AvgIpc) is 3.58. The number of urea groups is 1. The van der Waals surface area contributed by atoms with Crippen LogP contribution < -0.4 is 15.5 Å². The molecule has 2 N–H and O–H groups in total. The number of rotatable bonds is 5. The van der Waals surface area contributed by atoms with Crippen LogP contribution in [0.4, 0.5) is 21.1 Å². The second-order valence-corrected chi connectivity index (χ2v) is 13.2. The molecule has 3 aliphatic heterocycles. The molecule has 2 aromatic heterocycles. The number of hydrogen-bond donors (Lipinski definition) is 2. The lowest BCUT2D eigenvalue weighted by Crippen LogP contribution is -2.43. The minimum absolute atomic E-state index is 0.101. The van der Waals surface area contributed by atoms with Crippen molar-refractivity contribution in [2.24, 2.45) is 0 Å². The Labute approximate surface area is 251 Å². The van der Waals surface area contributed by atoms with Gasteiger partial charge < -0.3 is 29.9 Å². The number of carbonyl (C=O) groups is 2. The molecule has 1 aliphatic carbocycles. The monoisotopic (exact) mass is 588 g/mol. The van der Waals surface area contributed by atoms with Gasteiger partial charge in [-0.15, -0.1) is 0 Å². The van der Waals surface area contributed by atoms with E-state index in [4.69, 9.17) is 24.5 Å². The van der Waals surface area contributed by atoms with Crippen LogP contribution in [0.25, 0.3) is 22.4 Å². The molecule has 3 amide bonds. The maximum Gasteiger partial charge on any atom is 0.410 e. The van der Waals surface area contributed by atoms with Crippen molar-refractivity contribution in [2.75, 3.05) is 36.4 Å². The van der Waals surface area contributed by atoms with E-state index in [0.717, 1.165) is 79.7 Å². The number of hydrogen-bond acceptors (Lipinski definition) is 8. The van der Waals surface area contributed by atoms with E-state index in [1.807, 2.05) is 55.9 Å². The topological polar surface area (TPSA) is 127 Å². The highest BCUT2D eigenvalue weighted by Crippen LogP contribution is 2.35. The lowest BCUT2D eigenvalue weighted by atomic mass is 10.1. The smallest absolute Gasteiger partial charge is 0.410 e. The standard InChI is InChI=1S/C31H40N8O4/c1-31(2,3)43-30(41)37-14-12-22(13-15-37)39-28-25(16-32-39)27(38-17-23-10-11-24(18-38)42-23)35-26(36-28)19-4-6-20(7-5-19)33-29(40)34-21-8-9-21/h4-7,16,21-24H,8-15,17-18H2,1-3H3,(H2,33,34,40). The largest absolute Gasteiger partial charge is 0.444 e. The van der Waals surface area contributed by atoms with E-state index < -0.39 is 5.60 Å². The summed E-state index contributed by atoms with van der Waals surface area (Å²) in [5.74, 6) is 1.49. The van der Waals surface area contributed by atoms with E-state index in [2.05, 4.69) is 15.5 Å². The number of benzene rings is 1. The van der Waals surface area contributed by atoms with Crippen LogP contribution in [0, 0.1) is 0 Å². The zero-order valence-electron chi connectivity index (χ0n) is 25.1. The predicted molar refractivity (Wildman–Crippen MR) is 162 cm³/mol. The van der Waals surface area contributed by atoms with Gasteiger partial charge in [-0.1, -0.05) is 0 Å². The molecule has 5 heterocycles. The third-order valence-electron chi connectivity index (χ3n) is 8.55. The highest BCUT2D eigenvalue weighted by atomic mass is 16.6. The molecule has 2 bridgehead atoms. The van der Waals surface area contributed by atoms with Crippen LogP contribution in [-0.4, -0.2) is 86.8 Å². The molecule has 43 heavy (non-hydrogen) atoms. The molecule has 7 rings (SSSR count). The van der Waals surface area contributed by atoms with Crippen molar-refractivity contribution in [2.45, 2.75) is 89.2 Å². The molecule has 3 saturated heterocycles. The maximum atomic E-state index is 12.6. The Hall–Kier alpha value is -3.93. The van der Waals surface area contributed by atoms with Crippen molar-refractivity contribution in [3.05, 3.63) is 30.5 Å². The lowest BCUT2D eigenvalue weighted by Gasteiger charge is -2.34. The first-order valence-electron chi connectivity index (χ1n) is 15.5. The fourth-order valence-corrected chi connectivity index (χ4v) is 6.24. The number of nitrogens with zero attached hydrogens (tertiary/aromatic N) is 6. The number of morpholine rings is 1. The normalized spacial score (nSPS) is 22.6. The van der Waals surface area contributed by atoms with Crippen LogP contribution in [0.3, 0.4) is 0 Å². The Bertz CT molecular complexity index is 1490. The number of likely N-dealkylation sites (tertiary alicyclic amines) is 1. The van der Waals surface area contributed by atoms with E-state index in [1.54, 1.807) is 4.90 Å². The molecule has 12 heteroatoms. The summed E-state index contributed by atoms with van der Waals surface area (Å²) in [5, 5.41) is 11.6. The number of piperidine rings is 1. The summed E-state index contributed by atoms with van der Waals surface area (Å²) in [5.41, 5.74) is 1.85. The number of ether oxygens (including phenoxy) is 2. The third kappa shape index (κ3) is 6.11. The fourth-order valence-electron chi connectivity index (χ4n) is 6.24. The minimum Gasteiger partial charge on any atom is -0.444 e. The van der Waals surface area contributed by atoms with Gasteiger partial charge in [0.2, 0.25) is 0 Å². The quantitative estimate of drug-likeness (QED) is 0.439. The number of anilines is 2. The molecule has 0 radical (unpaired) electrons. The fraction of sp³-hybridized carbons (Fsp3) is 0.581. The summed E-state index contributed by atoms with van der Waals surface area (Å²) in [6, 6.07) is 7.87. The van der Waals surface area contributed by atoms with E-state index >= 15 is 0 Å². The summed E-state index contributed by atoms with van der Waals surface area (Å²) in [6.07, 6.45) is 7.78. The van der Waals surface area contributed by atoms with E-state index in [9.17, 15) is 9.59 Å². The molecule has 3 aromatic rings. The molecule has 2 atom stereocenters. The van der Waals surface area contributed by atoms with Crippen LogP contribution in [0.1, 0.15) is 65.3 Å². The molecule has 1 aromatic carbocycles. The zero-order valence-corrected chi connectivity index (χ0v) is 25.1. The maximum absolute atomic E-state index is 12.6. The van der Waals surface area contributed by atoms with Crippen LogP contribution in [0.15, 0.2) is 30.5 Å².